The van der Waals surface area contributed by atoms with Crippen LogP contribution in [0.5, 0.6) is 0 Å². The molecule has 0 unspecified atom stereocenters. The molecule has 0 saturated carbocycles. The van der Waals surface area contributed by atoms with Crippen LogP contribution in [0, 0.1) is 13.8 Å². The molecule has 2 heterocycles. The highest BCUT2D eigenvalue weighted by atomic mass is 35.5. The van der Waals surface area contributed by atoms with E-state index in [4.69, 9.17) is 16.0 Å². The predicted molar refractivity (Wildman–Crippen MR) is 107 cm³/mol. The van der Waals surface area contributed by atoms with Gasteiger partial charge in [-0.05, 0) is 38.1 Å². The molecule has 0 radical (unpaired) electrons. The number of thioether (sulfide) groups is 1. The largest absolute Gasteiger partial charge is 0.411 e. The van der Waals surface area contributed by atoms with Crippen LogP contribution in [0.4, 0.5) is 0 Å². The second kappa shape index (κ2) is 7.58. The molecule has 0 fully saturated rings. The first-order chi connectivity index (χ1) is 13.1. The lowest BCUT2D eigenvalue weighted by Gasteiger charge is -2.02. The summed E-state index contributed by atoms with van der Waals surface area (Å²) in [5.41, 5.74) is 4.87. The highest BCUT2D eigenvalue weighted by Crippen LogP contribution is 2.31. The maximum absolute atomic E-state index is 6.57. The van der Waals surface area contributed by atoms with Crippen molar-refractivity contribution < 1.29 is 4.42 Å². The number of aryl methyl sites for hydroxylation is 2. The first-order valence-electron chi connectivity index (χ1n) is 8.44. The van der Waals surface area contributed by atoms with Gasteiger partial charge in [-0.15, -0.1) is 10.2 Å². The van der Waals surface area contributed by atoms with E-state index in [0.29, 0.717) is 22.0 Å². The smallest absolute Gasteiger partial charge is 0.277 e. The molecule has 4 rings (SSSR count). The van der Waals surface area contributed by atoms with Gasteiger partial charge >= 0.3 is 0 Å². The third kappa shape index (κ3) is 3.77. The summed E-state index contributed by atoms with van der Waals surface area (Å²) in [6.45, 7) is 3.99. The number of para-hydroxylation sites is 1. The standard InChI is InChI=1S/C20H17ClN4OS/c1-13-8-10-15(11-9-13)19-22-23-20(26-19)27-12-17-14(2)24-25(18(17)21)16-6-4-3-5-7-16/h3-11H,12H2,1-2H3. The fourth-order valence-corrected chi connectivity index (χ4v) is 3.92. The number of halogens is 1. The lowest BCUT2D eigenvalue weighted by molar-refractivity contribution is 0.466. The van der Waals surface area contributed by atoms with E-state index in [-0.39, 0.29) is 0 Å². The van der Waals surface area contributed by atoms with Crippen LogP contribution in [0.1, 0.15) is 16.8 Å². The van der Waals surface area contributed by atoms with E-state index >= 15 is 0 Å². The molecule has 0 aliphatic heterocycles. The van der Waals surface area contributed by atoms with Crippen molar-refractivity contribution in [2.45, 2.75) is 24.8 Å². The molecular formula is C20H17ClN4OS. The number of nitrogens with zero attached hydrogens (tertiary/aromatic N) is 4. The molecule has 0 spiro atoms. The van der Waals surface area contributed by atoms with Gasteiger partial charge in [0.1, 0.15) is 5.15 Å². The summed E-state index contributed by atoms with van der Waals surface area (Å²) in [7, 11) is 0. The van der Waals surface area contributed by atoms with Crippen LogP contribution in [-0.2, 0) is 5.75 Å². The summed E-state index contributed by atoms with van der Waals surface area (Å²) < 4.78 is 7.52. The van der Waals surface area contributed by atoms with Crippen molar-refractivity contribution in [2.24, 2.45) is 0 Å². The second-order valence-corrected chi connectivity index (χ2v) is 7.41. The van der Waals surface area contributed by atoms with Gasteiger partial charge in [-0.1, -0.05) is 59.3 Å². The summed E-state index contributed by atoms with van der Waals surface area (Å²) >= 11 is 8.02. The van der Waals surface area contributed by atoms with Gasteiger partial charge in [0.05, 0.1) is 11.4 Å². The van der Waals surface area contributed by atoms with Crippen molar-refractivity contribution in [1.29, 1.82) is 0 Å². The van der Waals surface area contributed by atoms with E-state index < -0.39 is 0 Å². The van der Waals surface area contributed by atoms with Crippen molar-refractivity contribution in [3.8, 4) is 17.1 Å². The van der Waals surface area contributed by atoms with Crippen molar-refractivity contribution in [1.82, 2.24) is 20.0 Å². The molecule has 0 bridgehead atoms. The number of hydrogen-bond donors (Lipinski definition) is 0. The van der Waals surface area contributed by atoms with E-state index in [2.05, 4.69) is 15.3 Å². The number of benzene rings is 2. The summed E-state index contributed by atoms with van der Waals surface area (Å²) in [6.07, 6.45) is 0. The summed E-state index contributed by atoms with van der Waals surface area (Å²) in [5.74, 6) is 1.12. The molecule has 2 aromatic carbocycles. The minimum Gasteiger partial charge on any atom is -0.411 e. The zero-order valence-corrected chi connectivity index (χ0v) is 16.5. The van der Waals surface area contributed by atoms with Crippen LogP contribution in [0.3, 0.4) is 0 Å². The fraction of sp³-hybridized carbons (Fsp3) is 0.150. The van der Waals surface area contributed by atoms with E-state index in [1.54, 1.807) is 4.68 Å². The third-order valence-corrected chi connectivity index (χ3v) is 5.40. The Hall–Kier alpha value is -2.57. The van der Waals surface area contributed by atoms with Gasteiger partial charge in [-0.2, -0.15) is 5.10 Å². The van der Waals surface area contributed by atoms with E-state index in [0.717, 1.165) is 22.5 Å². The fourth-order valence-electron chi connectivity index (χ4n) is 2.65. The van der Waals surface area contributed by atoms with Crippen LogP contribution >= 0.6 is 23.4 Å². The normalized spacial score (nSPS) is 11.1. The van der Waals surface area contributed by atoms with Crippen LogP contribution in [-0.4, -0.2) is 20.0 Å². The Bertz CT molecular complexity index is 1060. The van der Waals surface area contributed by atoms with Crippen LogP contribution in [0.25, 0.3) is 17.1 Å². The zero-order chi connectivity index (χ0) is 18.8. The highest BCUT2D eigenvalue weighted by molar-refractivity contribution is 7.98. The summed E-state index contributed by atoms with van der Waals surface area (Å²) in [4.78, 5) is 0. The average molecular weight is 397 g/mol. The molecule has 7 heteroatoms. The van der Waals surface area contributed by atoms with E-state index in [1.807, 2.05) is 68.4 Å². The van der Waals surface area contributed by atoms with Gasteiger partial charge in [-0.3, -0.25) is 0 Å². The van der Waals surface area contributed by atoms with Gasteiger partial charge < -0.3 is 4.42 Å². The molecular weight excluding hydrogens is 380 g/mol. The summed E-state index contributed by atoms with van der Waals surface area (Å²) in [6, 6.07) is 17.8. The second-order valence-electron chi connectivity index (χ2n) is 6.13. The van der Waals surface area contributed by atoms with Crippen molar-refractivity contribution in [2.75, 3.05) is 0 Å². The minimum absolute atomic E-state index is 0.508. The lowest BCUT2D eigenvalue weighted by Crippen LogP contribution is -1.95. The van der Waals surface area contributed by atoms with Crippen molar-refractivity contribution in [3.63, 3.8) is 0 Å². The molecule has 2 aromatic heterocycles. The van der Waals surface area contributed by atoms with Crippen molar-refractivity contribution in [3.05, 3.63) is 76.6 Å². The lowest BCUT2D eigenvalue weighted by atomic mass is 10.1. The van der Waals surface area contributed by atoms with E-state index in [9.17, 15) is 0 Å². The van der Waals surface area contributed by atoms with Crippen molar-refractivity contribution >= 4 is 23.4 Å². The topological polar surface area (TPSA) is 56.7 Å². The Labute approximate surface area is 166 Å². The molecule has 0 aliphatic rings. The SMILES string of the molecule is Cc1ccc(-c2nnc(SCc3c(C)nn(-c4ccccc4)c3Cl)o2)cc1. The maximum atomic E-state index is 6.57. The highest BCUT2D eigenvalue weighted by Gasteiger charge is 2.17. The Kier molecular flexibility index (Phi) is 5.01. The average Bonchev–Trinajstić information content (AvgIpc) is 3.26. The number of aromatic nitrogens is 4. The molecule has 136 valence electrons. The zero-order valence-electron chi connectivity index (χ0n) is 14.9. The Balaban J connectivity index is 1.51. The molecule has 5 nitrogen and oxygen atoms in total. The molecule has 0 atom stereocenters. The predicted octanol–water partition coefficient (Wildman–Crippen LogP) is 5.48. The number of hydrogen-bond acceptors (Lipinski definition) is 5. The molecule has 0 saturated heterocycles. The summed E-state index contributed by atoms with van der Waals surface area (Å²) in [5, 5.41) is 13.9. The van der Waals surface area contributed by atoms with Gasteiger partial charge in [0.15, 0.2) is 0 Å². The van der Waals surface area contributed by atoms with Crippen LogP contribution in [0.15, 0.2) is 64.2 Å². The molecule has 0 N–H and O–H groups in total. The van der Waals surface area contributed by atoms with Gasteiger partial charge in [0.2, 0.25) is 5.89 Å². The maximum Gasteiger partial charge on any atom is 0.277 e. The molecule has 0 aliphatic carbocycles. The quantitative estimate of drug-likeness (QED) is 0.418. The third-order valence-electron chi connectivity index (χ3n) is 4.17. The monoisotopic (exact) mass is 396 g/mol. The first kappa shape index (κ1) is 17.8. The van der Waals surface area contributed by atoms with E-state index in [1.165, 1.54) is 17.3 Å². The van der Waals surface area contributed by atoms with Gasteiger partial charge in [-0.25, -0.2) is 4.68 Å². The Morgan fingerprint density at radius 2 is 1.74 bits per heavy atom. The first-order valence-corrected chi connectivity index (χ1v) is 9.81. The Morgan fingerprint density at radius 1 is 1.00 bits per heavy atom. The molecule has 27 heavy (non-hydrogen) atoms. The van der Waals surface area contributed by atoms with Gasteiger partial charge in [0, 0.05) is 16.9 Å². The number of rotatable bonds is 5. The van der Waals surface area contributed by atoms with Crippen LogP contribution < -0.4 is 0 Å². The Morgan fingerprint density at radius 3 is 2.48 bits per heavy atom. The van der Waals surface area contributed by atoms with Crippen LogP contribution in [0.2, 0.25) is 5.15 Å². The molecule has 0 amide bonds. The van der Waals surface area contributed by atoms with Gasteiger partial charge in [0.25, 0.3) is 5.22 Å². The minimum atomic E-state index is 0.508. The molecule has 4 aromatic rings.